The van der Waals surface area contributed by atoms with E-state index in [0.717, 1.165) is 22.5 Å². The Labute approximate surface area is 156 Å². The molecule has 0 aliphatic carbocycles. The Morgan fingerprint density at radius 2 is 1.93 bits per heavy atom. The number of carbonyl (C=O) groups excluding carboxylic acids is 1. The maximum Gasteiger partial charge on any atom is 0.255 e. The van der Waals surface area contributed by atoms with Gasteiger partial charge >= 0.3 is 0 Å². The van der Waals surface area contributed by atoms with E-state index in [1.165, 1.54) is 0 Å². The van der Waals surface area contributed by atoms with Gasteiger partial charge in [-0.3, -0.25) is 4.79 Å². The Hall–Kier alpha value is -3.91. The highest BCUT2D eigenvalue weighted by atomic mass is 16.1. The van der Waals surface area contributed by atoms with E-state index in [-0.39, 0.29) is 5.91 Å². The van der Waals surface area contributed by atoms with Gasteiger partial charge in [0.2, 0.25) is 0 Å². The smallest absolute Gasteiger partial charge is 0.255 e. The average Bonchev–Trinajstić information content (AvgIpc) is 3.11. The Kier molecular flexibility index (Phi) is 4.15. The molecule has 2 aromatic carbocycles. The van der Waals surface area contributed by atoms with Crippen LogP contribution in [0.25, 0.3) is 16.9 Å². The number of imidazole rings is 1. The maximum atomic E-state index is 12.4. The predicted octanol–water partition coefficient (Wildman–Crippen LogP) is 4.43. The molecule has 1 amide bonds. The molecule has 27 heavy (non-hydrogen) atoms. The first-order chi connectivity index (χ1) is 13.1. The molecule has 4 rings (SSSR count). The zero-order chi connectivity index (χ0) is 18.8. The van der Waals surface area contributed by atoms with Gasteiger partial charge in [0.15, 0.2) is 0 Å². The van der Waals surface area contributed by atoms with Crippen molar-refractivity contribution in [3.63, 3.8) is 0 Å². The van der Waals surface area contributed by atoms with Gasteiger partial charge in [0.05, 0.1) is 17.3 Å². The van der Waals surface area contributed by atoms with Crippen LogP contribution >= 0.6 is 0 Å². The molecule has 0 unspecified atom stereocenters. The highest BCUT2D eigenvalue weighted by molar-refractivity contribution is 6.04. The summed E-state index contributed by atoms with van der Waals surface area (Å²) in [6.45, 7) is 2.04. The standard InChI is InChI=1S/C22H16N4O/c1-15-9-10-26-14-20(25-21(26)11-15)17-5-7-19(8-6-17)24-22(27)18-4-2-3-16(12-18)13-23/h2-12,14H,1H3,(H,24,27). The summed E-state index contributed by atoms with van der Waals surface area (Å²) in [5, 5.41) is 11.8. The molecule has 0 saturated heterocycles. The van der Waals surface area contributed by atoms with E-state index in [2.05, 4.69) is 10.3 Å². The second-order valence-corrected chi connectivity index (χ2v) is 6.32. The highest BCUT2D eigenvalue weighted by Gasteiger charge is 2.08. The molecule has 2 aromatic heterocycles. The number of benzene rings is 2. The number of aromatic nitrogens is 2. The molecule has 0 fully saturated rings. The number of amides is 1. The number of rotatable bonds is 3. The number of aryl methyl sites for hydroxylation is 1. The van der Waals surface area contributed by atoms with Crippen LogP contribution in [0.2, 0.25) is 0 Å². The molecular weight excluding hydrogens is 336 g/mol. The van der Waals surface area contributed by atoms with Crippen LogP contribution in [0.5, 0.6) is 0 Å². The summed E-state index contributed by atoms with van der Waals surface area (Å²) in [5.74, 6) is -0.247. The molecule has 0 atom stereocenters. The monoisotopic (exact) mass is 352 g/mol. The second-order valence-electron chi connectivity index (χ2n) is 6.32. The van der Waals surface area contributed by atoms with Crippen LogP contribution in [0.4, 0.5) is 5.69 Å². The SMILES string of the molecule is Cc1ccn2cc(-c3ccc(NC(=O)c4cccc(C#N)c4)cc3)nc2c1. The first-order valence-corrected chi connectivity index (χ1v) is 8.50. The first kappa shape index (κ1) is 16.6. The number of carbonyl (C=O) groups is 1. The average molecular weight is 352 g/mol. The van der Waals surface area contributed by atoms with Crippen molar-refractivity contribution in [2.75, 3.05) is 5.32 Å². The second kappa shape index (κ2) is 6.77. The van der Waals surface area contributed by atoms with Gasteiger partial charge < -0.3 is 9.72 Å². The van der Waals surface area contributed by atoms with E-state index < -0.39 is 0 Å². The molecule has 4 aromatic rings. The highest BCUT2D eigenvalue weighted by Crippen LogP contribution is 2.22. The lowest BCUT2D eigenvalue weighted by atomic mass is 10.1. The molecular formula is C22H16N4O. The number of nitrogens with one attached hydrogen (secondary N) is 1. The summed E-state index contributed by atoms with van der Waals surface area (Å²) in [5.41, 5.74) is 5.51. The third-order valence-corrected chi connectivity index (χ3v) is 4.31. The van der Waals surface area contributed by atoms with Gasteiger partial charge in [0.25, 0.3) is 5.91 Å². The van der Waals surface area contributed by atoms with Gasteiger partial charge in [-0.15, -0.1) is 0 Å². The van der Waals surface area contributed by atoms with Crippen LogP contribution in [-0.2, 0) is 0 Å². The molecule has 2 heterocycles. The number of hydrogen-bond donors (Lipinski definition) is 1. The predicted molar refractivity (Wildman–Crippen MR) is 104 cm³/mol. The molecule has 5 nitrogen and oxygen atoms in total. The van der Waals surface area contributed by atoms with Crippen molar-refractivity contribution in [3.8, 4) is 17.3 Å². The normalized spacial score (nSPS) is 10.5. The summed E-state index contributed by atoms with van der Waals surface area (Å²) in [6, 6.07) is 20.3. The molecule has 1 N–H and O–H groups in total. The fraction of sp³-hybridized carbons (Fsp3) is 0.0455. The zero-order valence-electron chi connectivity index (χ0n) is 14.7. The number of nitrogens with zero attached hydrogens (tertiary/aromatic N) is 3. The number of fused-ring (bicyclic) bond motifs is 1. The van der Waals surface area contributed by atoms with Crippen molar-refractivity contribution in [1.82, 2.24) is 9.38 Å². The van der Waals surface area contributed by atoms with E-state index in [0.29, 0.717) is 16.8 Å². The van der Waals surface area contributed by atoms with Crippen molar-refractivity contribution in [3.05, 3.63) is 89.7 Å². The number of pyridine rings is 1. The van der Waals surface area contributed by atoms with E-state index in [4.69, 9.17) is 5.26 Å². The molecule has 0 radical (unpaired) electrons. The molecule has 0 saturated carbocycles. The summed E-state index contributed by atoms with van der Waals surface area (Å²) >= 11 is 0. The van der Waals surface area contributed by atoms with Crippen LogP contribution in [0, 0.1) is 18.3 Å². The lowest BCUT2D eigenvalue weighted by Gasteiger charge is -2.06. The van der Waals surface area contributed by atoms with Crippen molar-refractivity contribution in [2.45, 2.75) is 6.92 Å². The van der Waals surface area contributed by atoms with Crippen molar-refractivity contribution >= 4 is 17.2 Å². The van der Waals surface area contributed by atoms with Crippen LogP contribution in [-0.4, -0.2) is 15.3 Å². The molecule has 130 valence electrons. The van der Waals surface area contributed by atoms with Gasteiger partial charge in [-0.25, -0.2) is 4.98 Å². The summed E-state index contributed by atoms with van der Waals surface area (Å²) in [7, 11) is 0. The van der Waals surface area contributed by atoms with Crippen molar-refractivity contribution < 1.29 is 4.79 Å². The minimum absolute atomic E-state index is 0.247. The Morgan fingerprint density at radius 1 is 1.11 bits per heavy atom. The quantitative estimate of drug-likeness (QED) is 0.593. The lowest BCUT2D eigenvalue weighted by molar-refractivity contribution is 0.102. The largest absolute Gasteiger partial charge is 0.322 e. The fourth-order valence-electron chi connectivity index (χ4n) is 2.88. The number of hydrogen-bond acceptors (Lipinski definition) is 3. The summed E-state index contributed by atoms with van der Waals surface area (Å²) in [4.78, 5) is 17.0. The maximum absolute atomic E-state index is 12.4. The van der Waals surface area contributed by atoms with Crippen molar-refractivity contribution in [2.24, 2.45) is 0 Å². The number of nitriles is 1. The van der Waals surface area contributed by atoms with Gasteiger partial charge in [-0.05, 0) is 55.0 Å². The van der Waals surface area contributed by atoms with E-state index in [9.17, 15) is 4.79 Å². The van der Waals surface area contributed by atoms with E-state index >= 15 is 0 Å². The van der Waals surface area contributed by atoms with Crippen molar-refractivity contribution in [1.29, 1.82) is 5.26 Å². The molecule has 0 bridgehead atoms. The number of anilines is 1. The molecule has 5 heteroatoms. The minimum Gasteiger partial charge on any atom is -0.322 e. The van der Waals surface area contributed by atoms with E-state index in [1.54, 1.807) is 24.3 Å². The van der Waals surface area contributed by atoms with Gasteiger partial charge in [0.1, 0.15) is 5.65 Å². The first-order valence-electron chi connectivity index (χ1n) is 8.50. The topological polar surface area (TPSA) is 70.2 Å². The fourth-order valence-corrected chi connectivity index (χ4v) is 2.88. The third kappa shape index (κ3) is 3.42. The zero-order valence-corrected chi connectivity index (χ0v) is 14.7. The van der Waals surface area contributed by atoms with Gasteiger partial charge in [-0.2, -0.15) is 5.26 Å². The summed E-state index contributed by atoms with van der Waals surface area (Å²) in [6.07, 6.45) is 3.97. The minimum atomic E-state index is -0.247. The Morgan fingerprint density at radius 3 is 2.70 bits per heavy atom. The summed E-state index contributed by atoms with van der Waals surface area (Å²) < 4.78 is 1.99. The third-order valence-electron chi connectivity index (χ3n) is 4.31. The van der Waals surface area contributed by atoms with E-state index in [1.807, 2.05) is 66.2 Å². The lowest BCUT2D eigenvalue weighted by Crippen LogP contribution is -2.11. The van der Waals surface area contributed by atoms with Crippen LogP contribution in [0.3, 0.4) is 0 Å². The molecule has 0 aliphatic rings. The van der Waals surface area contributed by atoms with Crippen LogP contribution < -0.4 is 5.32 Å². The Bertz CT molecular complexity index is 1180. The Balaban J connectivity index is 1.54. The molecule has 0 aliphatic heterocycles. The van der Waals surface area contributed by atoms with Crippen LogP contribution in [0.1, 0.15) is 21.5 Å². The van der Waals surface area contributed by atoms with Crippen LogP contribution in [0.15, 0.2) is 73.1 Å². The van der Waals surface area contributed by atoms with Gasteiger partial charge in [0, 0.05) is 29.2 Å². The van der Waals surface area contributed by atoms with Gasteiger partial charge in [-0.1, -0.05) is 18.2 Å². The molecule has 0 spiro atoms.